The second-order valence-corrected chi connectivity index (χ2v) is 12.0. The van der Waals surface area contributed by atoms with E-state index in [1.165, 1.54) is 6.08 Å². The van der Waals surface area contributed by atoms with Crippen molar-refractivity contribution in [3.8, 4) is 11.5 Å². The molecule has 5 rings (SSSR count). The fourth-order valence-corrected chi connectivity index (χ4v) is 5.81. The molecule has 218 valence electrons. The molecule has 0 atom stereocenters. The zero-order valence-electron chi connectivity index (χ0n) is 23.8. The van der Waals surface area contributed by atoms with Gasteiger partial charge in [0.1, 0.15) is 12.2 Å². The summed E-state index contributed by atoms with van der Waals surface area (Å²) in [5, 5.41) is 0. The van der Waals surface area contributed by atoms with Crippen molar-refractivity contribution in [2.45, 2.75) is 27.4 Å². The lowest BCUT2D eigenvalue weighted by Crippen LogP contribution is -2.57. The average Bonchev–Trinajstić information content (AvgIpc) is 2.98. The van der Waals surface area contributed by atoms with Crippen LogP contribution < -0.4 is 19.3 Å². The number of aryl methyl sites for hydroxylation is 2. The molecule has 4 amide bonds. The first kappa shape index (κ1) is 30.5. The number of anilines is 2. The molecule has 0 radical (unpaired) electrons. The Morgan fingerprint density at radius 3 is 1.88 bits per heavy atom. The minimum atomic E-state index is -0.725. The summed E-state index contributed by atoms with van der Waals surface area (Å²) in [5.41, 5.74) is 3.68. The zero-order chi connectivity index (χ0) is 30.7. The topological polar surface area (TPSA) is 76.2 Å². The number of amides is 4. The average molecular weight is 751 g/mol. The molecule has 4 aromatic carbocycles. The van der Waals surface area contributed by atoms with Crippen LogP contribution in [0.2, 0.25) is 0 Å². The summed E-state index contributed by atoms with van der Waals surface area (Å²) in [7, 11) is 0. The van der Waals surface area contributed by atoms with E-state index in [0.717, 1.165) is 34.5 Å². The highest BCUT2D eigenvalue weighted by Crippen LogP contribution is 2.37. The third-order valence-corrected chi connectivity index (χ3v) is 8.23. The number of hydrogen-bond acceptors (Lipinski definition) is 5. The van der Waals surface area contributed by atoms with Gasteiger partial charge in [-0.1, -0.05) is 64.5 Å². The van der Waals surface area contributed by atoms with Gasteiger partial charge in [-0.25, -0.2) is 14.6 Å². The van der Waals surface area contributed by atoms with Crippen molar-refractivity contribution in [2.75, 3.05) is 16.4 Å². The van der Waals surface area contributed by atoms with Crippen molar-refractivity contribution in [3.05, 3.63) is 121 Å². The minimum Gasteiger partial charge on any atom is -0.490 e. The van der Waals surface area contributed by atoms with E-state index in [1.54, 1.807) is 30.3 Å². The summed E-state index contributed by atoms with van der Waals surface area (Å²) >= 11 is 5.60. The lowest BCUT2D eigenvalue weighted by atomic mass is 10.0. The normalized spacial score (nSPS) is 13.4. The predicted molar refractivity (Wildman–Crippen MR) is 180 cm³/mol. The summed E-state index contributed by atoms with van der Waals surface area (Å²) in [4.78, 5) is 43.9. The van der Waals surface area contributed by atoms with Gasteiger partial charge in [-0.2, -0.15) is 0 Å². The van der Waals surface area contributed by atoms with Gasteiger partial charge in [0.25, 0.3) is 11.8 Å². The molecule has 0 aliphatic carbocycles. The highest BCUT2D eigenvalue weighted by Gasteiger charge is 2.44. The Hall–Kier alpha value is -3.96. The number of barbiturate groups is 1. The number of benzene rings is 4. The van der Waals surface area contributed by atoms with Crippen LogP contribution in [0, 0.1) is 17.4 Å². The molecule has 0 N–H and O–H groups in total. The fourth-order valence-electron chi connectivity index (χ4n) is 4.76. The van der Waals surface area contributed by atoms with E-state index < -0.39 is 17.8 Å². The molecule has 0 aromatic heterocycles. The van der Waals surface area contributed by atoms with E-state index in [2.05, 4.69) is 38.5 Å². The SMILES string of the molecule is CCOc1cc(C=C2C(=O)N(c3ccccc3C)C(=O)N(c3ccccc3C)C2=O)cc(I)c1OCc1ccc(Br)cc1. The number of halogens is 2. The van der Waals surface area contributed by atoms with Gasteiger partial charge >= 0.3 is 6.03 Å². The Bertz CT molecular complexity index is 1680. The molecule has 43 heavy (non-hydrogen) atoms. The minimum absolute atomic E-state index is 0.145. The van der Waals surface area contributed by atoms with Crippen LogP contribution in [0.15, 0.2) is 95.0 Å². The maximum atomic E-state index is 13.9. The number of imide groups is 2. The molecule has 1 heterocycles. The van der Waals surface area contributed by atoms with Gasteiger partial charge in [0.15, 0.2) is 11.5 Å². The zero-order valence-corrected chi connectivity index (χ0v) is 27.5. The number of nitrogens with zero attached hydrogens (tertiary/aromatic N) is 2. The van der Waals surface area contributed by atoms with Crippen molar-refractivity contribution in [1.29, 1.82) is 0 Å². The predicted octanol–water partition coefficient (Wildman–Crippen LogP) is 8.23. The summed E-state index contributed by atoms with van der Waals surface area (Å²) in [6, 6.07) is 24.9. The molecule has 4 aromatic rings. The second kappa shape index (κ2) is 13.1. The number of para-hydroxylation sites is 2. The number of ether oxygens (including phenoxy) is 2. The first-order valence-corrected chi connectivity index (χ1v) is 15.5. The molecule has 0 unspecified atom stereocenters. The number of hydrogen-bond donors (Lipinski definition) is 0. The second-order valence-electron chi connectivity index (χ2n) is 9.87. The fraction of sp³-hybridized carbons (Fsp3) is 0.147. The standard InChI is InChI=1S/C34H28BrIN2O5/c1-4-42-30-19-24(18-27(36)31(30)43-20-23-13-15-25(35)16-14-23)17-26-32(39)37(28-11-7-5-9-21(28)2)34(41)38(33(26)40)29-12-8-6-10-22(29)3/h5-19H,4,20H2,1-3H3. The molecule has 7 nitrogen and oxygen atoms in total. The van der Waals surface area contributed by atoms with Gasteiger partial charge in [-0.15, -0.1) is 0 Å². The monoisotopic (exact) mass is 750 g/mol. The smallest absolute Gasteiger partial charge is 0.343 e. The quantitative estimate of drug-likeness (QED) is 0.103. The van der Waals surface area contributed by atoms with Crippen LogP contribution in [0.25, 0.3) is 6.08 Å². The first-order chi connectivity index (χ1) is 20.7. The van der Waals surface area contributed by atoms with Crippen LogP contribution in [0.3, 0.4) is 0 Å². The molecule has 0 bridgehead atoms. The third kappa shape index (κ3) is 6.37. The van der Waals surface area contributed by atoms with Gasteiger partial charge in [0.2, 0.25) is 0 Å². The molecule has 0 spiro atoms. The van der Waals surface area contributed by atoms with Crippen LogP contribution >= 0.6 is 38.5 Å². The third-order valence-electron chi connectivity index (χ3n) is 6.90. The Labute approximate surface area is 272 Å². The first-order valence-electron chi connectivity index (χ1n) is 13.6. The van der Waals surface area contributed by atoms with Crippen LogP contribution in [-0.2, 0) is 16.2 Å². The molecule has 1 fully saturated rings. The van der Waals surface area contributed by atoms with E-state index in [1.807, 2.05) is 75.4 Å². The summed E-state index contributed by atoms with van der Waals surface area (Å²) < 4.78 is 13.8. The molecular formula is C34H28BrIN2O5. The Morgan fingerprint density at radius 1 is 0.791 bits per heavy atom. The molecular weight excluding hydrogens is 723 g/mol. The van der Waals surface area contributed by atoms with Crippen molar-refractivity contribution >= 4 is 73.8 Å². The van der Waals surface area contributed by atoms with Crippen molar-refractivity contribution < 1.29 is 23.9 Å². The highest BCUT2D eigenvalue weighted by atomic mass is 127. The van der Waals surface area contributed by atoms with Gasteiger partial charge in [0, 0.05) is 4.47 Å². The van der Waals surface area contributed by atoms with Gasteiger partial charge in [-0.3, -0.25) is 9.59 Å². The summed E-state index contributed by atoms with van der Waals surface area (Å²) in [5.74, 6) is -0.348. The number of rotatable bonds is 8. The summed E-state index contributed by atoms with van der Waals surface area (Å²) in [6.45, 7) is 6.23. The lowest BCUT2D eigenvalue weighted by molar-refractivity contribution is -0.121. The van der Waals surface area contributed by atoms with Crippen LogP contribution in [-0.4, -0.2) is 24.5 Å². The van der Waals surface area contributed by atoms with E-state index in [-0.39, 0.29) is 5.57 Å². The van der Waals surface area contributed by atoms with E-state index in [9.17, 15) is 14.4 Å². The van der Waals surface area contributed by atoms with Crippen molar-refractivity contribution in [1.82, 2.24) is 0 Å². The molecule has 1 aliphatic rings. The Morgan fingerprint density at radius 2 is 1.35 bits per heavy atom. The molecule has 1 aliphatic heterocycles. The largest absolute Gasteiger partial charge is 0.490 e. The summed E-state index contributed by atoms with van der Waals surface area (Å²) in [6.07, 6.45) is 1.51. The van der Waals surface area contributed by atoms with E-state index in [4.69, 9.17) is 9.47 Å². The number of urea groups is 1. The molecule has 0 saturated carbocycles. The Balaban J connectivity index is 1.58. The molecule has 1 saturated heterocycles. The van der Waals surface area contributed by atoms with Gasteiger partial charge in [-0.05, 0) is 108 Å². The lowest BCUT2D eigenvalue weighted by Gasteiger charge is -2.35. The van der Waals surface area contributed by atoms with Gasteiger partial charge < -0.3 is 9.47 Å². The van der Waals surface area contributed by atoms with Crippen LogP contribution in [0.1, 0.15) is 29.2 Å². The Kier molecular flexibility index (Phi) is 9.31. The van der Waals surface area contributed by atoms with Crippen LogP contribution in [0.5, 0.6) is 11.5 Å². The van der Waals surface area contributed by atoms with E-state index in [0.29, 0.717) is 41.7 Å². The van der Waals surface area contributed by atoms with Crippen molar-refractivity contribution in [3.63, 3.8) is 0 Å². The van der Waals surface area contributed by atoms with Crippen molar-refractivity contribution in [2.24, 2.45) is 0 Å². The van der Waals surface area contributed by atoms with E-state index >= 15 is 0 Å². The van der Waals surface area contributed by atoms with Crippen LogP contribution in [0.4, 0.5) is 16.2 Å². The number of carbonyl (C=O) groups is 3. The molecule has 9 heteroatoms. The maximum absolute atomic E-state index is 13.9. The highest BCUT2D eigenvalue weighted by molar-refractivity contribution is 14.1. The van der Waals surface area contributed by atoms with Gasteiger partial charge in [0.05, 0.1) is 21.6 Å². The maximum Gasteiger partial charge on any atom is 0.343 e. The number of carbonyl (C=O) groups excluding carboxylic acids is 3.